The lowest BCUT2D eigenvalue weighted by atomic mass is 9.55. The molecule has 3 aliphatic carbocycles. The van der Waals surface area contributed by atoms with Gasteiger partial charge >= 0.3 is 10.3 Å². The van der Waals surface area contributed by atoms with E-state index in [0.717, 1.165) is 38.5 Å². The van der Waals surface area contributed by atoms with Crippen molar-refractivity contribution in [2.75, 3.05) is 13.1 Å². The van der Waals surface area contributed by atoms with E-state index in [1.165, 1.54) is 27.6 Å². The van der Waals surface area contributed by atoms with Crippen LogP contribution in [0, 0.1) is 17.3 Å². The normalized spacial score (nSPS) is 32.8. The van der Waals surface area contributed by atoms with Crippen molar-refractivity contribution in [2.45, 2.75) is 57.5 Å². The molecular formula is C24H33NO4S. The molecule has 1 N–H and O–H groups in total. The summed E-state index contributed by atoms with van der Waals surface area (Å²) >= 11 is 0. The number of aryl methyl sites for hydroxylation is 1. The number of fused-ring (bicyclic) bond motifs is 5. The van der Waals surface area contributed by atoms with Crippen LogP contribution in [0.4, 0.5) is 0 Å². The Morgan fingerprint density at radius 3 is 2.63 bits per heavy atom. The topological polar surface area (TPSA) is 66.8 Å². The summed E-state index contributed by atoms with van der Waals surface area (Å²) in [4.78, 5) is 0. The number of hydrogen-bond acceptors (Lipinski definition) is 4. The van der Waals surface area contributed by atoms with Crippen LogP contribution in [-0.2, 0) is 16.7 Å². The van der Waals surface area contributed by atoms with Crippen LogP contribution < -0.4 is 4.18 Å². The Labute approximate surface area is 180 Å². The molecule has 6 heteroatoms. The minimum Gasteiger partial charge on any atom is -0.393 e. The molecule has 1 unspecified atom stereocenters. The molecule has 0 aromatic heterocycles. The summed E-state index contributed by atoms with van der Waals surface area (Å²) < 4.78 is 31.9. The Kier molecular flexibility index (Phi) is 5.86. The maximum Gasteiger partial charge on any atom is 0.385 e. The van der Waals surface area contributed by atoms with Crippen molar-refractivity contribution >= 4 is 10.3 Å². The number of aliphatic hydroxyl groups is 1. The van der Waals surface area contributed by atoms with Crippen molar-refractivity contribution in [3.05, 3.63) is 54.6 Å². The second-order valence-corrected chi connectivity index (χ2v) is 10.9. The van der Waals surface area contributed by atoms with E-state index in [-0.39, 0.29) is 24.6 Å². The van der Waals surface area contributed by atoms with Gasteiger partial charge in [-0.3, -0.25) is 0 Å². The van der Waals surface area contributed by atoms with E-state index in [9.17, 15) is 13.5 Å². The molecule has 3 aliphatic rings. The van der Waals surface area contributed by atoms with Crippen LogP contribution in [0.1, 0.15) is 56.1 Å². The fraction of sp³-hybridized carbons (Fsp3) is 0.583. The Morgan fingerprint density at radius 2 is 1.93 bits per heavy atom. The average molecular weight is 432 g/mol. The van der Waals surface area contributed by atoms with Crippen molar-refractivity contribution in [2.24, 2.45) is 17.3 Å². The SMILES string of the molecule is C=CCN(CC=C)S(=O)(=O)Oc1ccc2c(c1)CC[C@@H]1[C@@H]2CC[C@]2(C)C(O)CC[C@@H]12. The van der Waals surface area contributed by atoms with Crippen molar-refractivity contribution in [3.8, 4) is 5.75 Å². The van der Waals surface area contributed by atoms with Gasteiger partial charge in [-0.1, -0.05) is 25.1 Å². The first kappa shape index (κ1) is 21.6. The quantitative estimate of drug-likeness (QED) is 0.657. The molecule has 2 saturated carbocycles. The highest BCUT2D eigenvalue weighted by atomic mass is 32.2. The predicted molar refractivity (Wildman–Crippen MR) is 119 cm³/mol. The second kappa shape index (κ2) is 8.13. The maximum atomic E-state index is 12.7. The van der Waals surface area contributed by atoms with E-state index in [1.54, 1.807) is 6.07 Å². The summed E-state index contributed by atoms with van der Waals surface area (Å²) in [6.07, 6.45) is 9.13. The third kappa shape index (κ3) is 3.63. The first-order valence-electron chi connectivity index (χ1n) is 11.0. The monoisotopic (exact) mass is 431 g/mol. The van der Waals surface area contributed by atoms with Gasteiger partial charge in [-0.15, -0.1) is 13.2 Å². The summed E-state index contributed by atoms with van der Waals surface area (Å²) in [5.41, 5.74) is 2.61. The molecule has 5 atom stereocenters. The van der Waals surface area contributed by atoms with Crippen molar-refractivity contribution in [1.29, 1.82) is 0 Å². The summed E-state index contributed by atoms with van der Waals surface area (Å²) in [5, 5.41) is 10.5. The minimum atomic E-state index is -3.91. The van der Waals surface area contributed by atoms with E-state index in [1.807, 2.05) is 6.07 Å². The lowest BCUT2D eigenvalue weighted by Crippen LogP contribution is -2.43. The summed E-state index contributed by atoms with van der Waals surface area (Å²) in [6.45, 7) is 9.87. The smallest absolute Gasteiger partial charge is 0.385 e. The molecule has 0 heterocycles. The molecule has 4 rings (SSSR count). The van der Waals surface area contributed by atoms with E-state index in [0.29, 0.717) is 23.5 Å². The highest BCUT2D eigenvalue weighted by molar-refractivity contribution is 7.84. The summed E-state index contributed by atoms with van der Waals surface area (Å²) in [5.74, 6) is 2.06. The van der Waals surface area contributed by atoms with Crippen LogP contribution in [-0.4, -0.2) is 37.0 Å². The summed E-state index contributed by atoms with van der Waals surface area (Å²) in [6, 6.07) is 5.76. The van der Waals surface area contributed by atoms with Gasteiger partial charge in [0.1, 0.15) is 5.75 Å². The van der Waals surface area contributed by atoms with Gasteiger partial charge < -0.3 is 9.29 Å². The van der Waals surface area contributed by atoms with Gasteiger partial charge in [0.2, 0.25) is 0 Å². The van der Waals surface area contributed by atoms with Crippen molar-refractivity contribution in [3.63, 3.8) is 0 Å². The summed E-state index contributed by atoms with van der Waals surface area (Å²) in [7, 11) is -3.91. The zero-order chi connectivity index (χ0) is 21.5. The highest BCUT2D eigenvalue weighted by Crippen LogP contribution is 2.60. The fourth-order valence-electron chi connectivity index (χ4n) is 6.30. The zero-order valence-electron chi connectivity index (χ0n) is 17.8. The van der Waals surface area contributed by atoms with Crippen molar-refractivity contribution in [1.82, 2.24) is 4.31 Å². The highest BCUT2D eigenvalue weighted by Gasteiger charge is 2.54. The third-order valence-corrected chi connectivity index (χ3v) is 9.16. The molecule has 0 aliphatic heterocycles. The molecule has 164 valence electrons. The van der Waals surface area contributed by atoms with Gasteiger partial charge in [0.15, 0.2) is 0 Å². The molecule has 0 radical (unpaired) electrons. The first-order chi connectivity index (χ1) is 14.3. The standard InChI is InChI=1S/C24H33NO4S/c1-4-14-25(15-5-2)30(27,28)29-18-7-9-19-17(16-18)6-8-21-20(19)12-13-24(3)22(21)10-11-23(24)26/h4-5,7,9,16,20-23,26H,1-2,6,8,10-15H2,3H3/t20-,21-,22+,23?,24+/m1/s1. The second-order valence-electron chi connectivity index (χ2n) is 9.35. The van der Waals surface area contributed by atoms with Crippen LogP contribution in [0.25, 0.3) is 0 Å². The average Bonchev–Trinajstić information content (AvgIpc) is 3.02. The van der Waals surface area contributed by atoms with Gasteiger partial charge in [0, 0.05) is 13.1 Å². The molecule has 2 fully saturated rings. The molecule has 0 amide bonds. The Morgan fingerprint density at radius 1 is 1.20 bits per heavy atom. The van der Waals surface area contributed by atoms with Crippen molar-refractivity contribution < 1.29 is 17.7 Å². The maximum absolute atomic E-state index is 12.7. The molecular weight excluding hydrogens is 398 g/mol. The van der Waals surface area contributed by atoms with Crippen LogP contribution >= 0.6 is 0 Å². The molecule has 30 heavy (non-hydrogen) atoms. The Balaban J connectivity index is 1.55. The van der Waals surface area contributed by atoms with Crippen LogP contribution in [0.2, 0.25) is 0 Å². The van der Waals surface area contributed by atoms with E-state index in [2.05, 4.69) is 26.1 Å². The van der Waals surface area contributed by atoms with Gasteiger partial charge in [-0.05, 0) is 85.0 Å². The number of rotatable bonds is 7. The third-order valence-electron chi connectivity index (χ3n) is 7.83. The number of benzene rings is 1. The lowest BCUT2D eigenvalue weighted by molar-refractivity contribution is -0.0226. The van der Waals surface area contributed by atoms with E-state index >= 15 is 0 Å². The van der Waals surface area contributed by atoms with Gasteiger partial charge in [0.05, 0.1) is 6.10 Å². The minimum absolute atomic E-state index is 0.0650. The van der Waals surface area contributed by atoms with Gasteiger partial charge in [0.25, 0.3) is 0 Å². The van der Waals surface area contributed by atoms with Gasteiger partial charge in [-0.2, -0.15) is 12.7 Å². The largest absolute Gasteiger partial charge is 0.393 e. The zero-order valence-corrected chi connectivity index (χ0v) is 18.6. The van der Waals surface area contributed by atoms with Crippen LogP contribution in [0.3, 0.4) is 0 Å². The molecule has 1 aromatic carbocycles. The predicted octanol–water partition coefficient (Wildman–Crippen LogP) is 4.20. The van der Waals surface area contributed by atoms with Gasteiger partial charge in [-0.25, -0.2) is 0 Å². The van der Waals surface area contributed by atoms with E-state index < -0.39 is 10.3 Å². The fourth-order valence-corrected chi connectivity index (χ4v) is 7.33. The number of hydrogen-bond donors (Lipinski definition) is 1. The molecule has 0 spiro atoms. The molecule has 0 bridgehead atoms. The molecule has 0 saturated heterocycles. The number of nitrogens with zero attached hydrogens (tertiary/aromatic N) is 1. The first-order valence-corrected chi connectivity index (χ1v) is 12.4. The Bertz CT molecular complexity index is 917. The number of aliphatic hydroxyl groups excluding tert-OH is 1. The Hall–Kier alpha value is -1.63. The molecule has 5 nitrogen and oxygen atoms in total. The van der Waals surface area contributed by atoms with E-state index in [4.69, 9.17) is 4.18 Å². The molecule has 1 aromatic rings. The van der Waals surface area contributed by atoms with Crippen LogP contribution in [0.5, 0.6) is 5.75 Å². The van der Waals surface area contributed by atoms with Crippen LogP contribution in [0.15, 0.2) is 43.5 Å². The lowest BCUT2D eigenvalue weighted by Gasteiger charge is -2.50.